The Morgan fingerprint density at radius 3 is 2.71 bits per heavy atom. The number of nitrogens with zero attached hydrogens (tertiary/aromatic N) is 2. The quantitative estimate of drug-likeness (QED) is 0.604. The number of ether oxygens (including phenoxy) is 2. The van der Waals surface area contributed by atoms with E-state index in [4.69, 9.17) is 15.2 Å². The van der Waals surface area contributed by atoms with Gasteiger partial charge in [-0.3, -0.25) is 14.5 Å². The number of carbonyl (C=O) groups excluding carboxylic acids is 2. The summed E-state index contributed by atoms with van der Waals surface area (Å²) in [4.78, 5) is 32.0. The van der Waals surface area contributed by atoms with Crippen molar-refractivity contribution in [3.05, 3.63) is 29.8 Å². The van der Waals surface area contributed by atoms with E-state index >= 15 is 0 Å². The van der Waals surface area contributed by atoms with Crippen molar-refractivity contribution >= 4 is 17.8 Å². The maximum absolute atomic E-state index is 13.4. The molecule has 0 aromatic heterocycles. The summed E-state index contributed by atoms with van der Waals surface area (Å²) in [5.41, 5.74) is 6.07. The summed E-state index contributed by atoms with van der Waals surface area (Å²) in [5, 5.41) is 2.80. The summed E-state index contributed by atoms with van der Waals surface area (Å²) < 4.78 is 50.6. The van der Waals surface area contributed by atoms with Gasteiger partial charge in [0.05, 0.1) is 18.0 Å². The molecule has 1 aromatic rings. The van der Waals surface area contributed by atoms with Crippen molar-refractivity contribution in [1.82, 2.24) is 10.2 Å². The highest BCUT2D eigenvalue weighted by Crippen LogP contribution is 2.47. The number of methoxy groups -OCH3 is 1. The number of para-hydroxylation sites is 1. The molecule has 2 amide bonds. The Morgan fingerprint density at radius 1 is 1.34 bits per heavy atom. The minimum atomic E-state index is -4.55. The first-order valence-corrected chi connectivity index (χ1v) is 11.7. The monoisotopic (exact) mass is 496 g/mol. The van der Waals surface area contributed by atoms with E-state index in [0.29, 0.717) is 25.0 Å². The molecule has 1 saturated carbocycles. The Morgan fingerprint density at radius 2 is 2.06 bits per heavy atom. The van der Waals surface area contributed by atoms with Crippen molar-refractivity contribution < 1.29 is 32.2 Å². The molecule has 0 saturated heterocycles. The number of guanidine groups is 1. The van der Waals surface area contributed by atoms with Crippen LogP contribution in [0.2, 0.25) is 0 Å². The molecular weight excluding hydrogens is 465 g/mol. The Hall–Kier alpha value is -2.82. The predicted molar refractivity (Wildman–Crippen MR) is 121 cm³/mol. The standard InChI is InChI=1S/C24H31F3N4O4/c1-23(2)12-20(32)31(22(28)30-23)17(8-9-34-3)14-10-15(14)21(33)29-16-11-19(24(25,26)27)35-18-7-5-4-6-13(16)18/h4-7,14-17,19H,8-12H2,1-3H3,(H2,28,30)(H,29,33)/t14?,15-,16-,17-,19?/m1/s1. The van der Waals surface area contributed by atoms with Crippen LogP contribution in [-0.2, 0) is 14.3 Å². The van der Waals surface area contributed by atoms with Crippen molar-refractivity contribution in [2.45, 2.75) is 69.4 Å². The molecule has 4 rings (SSSR count). The van der Waals surface area contributed by atoms with Crippen molar-refractivity contribution in [2.24, 2.45) is 22.6 Å². The number of fused-ring (bicyclic) bond motifs is 1. The minimum Gasteiger partial charge on any atom is -0.480 e. The first-order chi connectivity index (χ1) is 16.4. The summed E-state index contributed by atoms with van der Waals surface area (Å²) in [7, 11) is 1.55. The Labute approximate surface area is 202 Å². The highest BCUT2D eigenvalue weighted by atomic mass is 19.4. The third kappa shape index (κ3) is 5.39. The number of nitrogens with one attached hydrogen (secondary N) is 1. The first-order valence-electron chi connectivity index (χ1n) is 11.7. The Kier molecular flexibility index (Phi) is 6.74. The fourth-order valence-electron chi connectivity index (χ4n) is 5.09. The van der Waals surface area contributed by atoms with Gasteiger partial charge < -0.3 is 20.5 Å². The number of benzene rings is 1. The van der Waals surface area contributed by atoms with Gasteiger partial charge in [0, 0.05) is 37.7 Å². The smallest absolute Gasteiger partial charge is 0.425 e. The van der Waals surface area contributed by atoms with Gasteiger partial charge in [-0.15, -0.1) is 0 Å². The maximum Gasteiger partial charge on any atom is 0.425 e. The van der Waals surface area contributed by atoms with Gasteiger partial charge in [0.1, 0.15) is 5.75 Å². The summed E-state index contributed by atoms with van der Waals surface area (Å²) >= 11 is 0. The summed E-state index contributed by atoms with van der Waals surface area (Å²) in [6.45, 7) is 4.01. The van der Waals surface area contributed by atoms with Crippen LogP contribution >= 0.6 is 0 Å². The van der Waals surface area contributed by atoms with Crippen LogP contribution in [0.5, 0.6) is 5.75 Å². The number of alkyl halides is 3. The van der Waals surface area contributed by atoms with Gasteiger partial charge in [-0.1, -0.05) is 18.2 Å². The first kappa shape index (κ1) is 25.3. The molecule has 2 aliphatic heterocycles. The number of carbonyl (C=O) groups is 2. The van der Waals surface area contributed by atoms with Crippen LogP contribution < -0.4 is 15.8 Å². The van der Waals surface area contributed by atoms with E-state index in [-0.39, 0.29) is 41.9 Å². The number of hydrogen-bond donors (Lipinski definition) is 2. The second-order valence-electron chi connectivity index (χ2n) is 10.1. The lowest BCUT2D eigenvalue weighted by atomic mass is 9.95. The normalized spacial score (nSPS) is 28.5. The van der Waals surface area contributed by atoms with Crippen LogP contribution in [0, 0.1) is 11.8 Å². The van der Waals surface area contributed by atoms with Crippen LogP contribution in [0.25, 0.3) is 0 Å². The van der Waals surface area contributed by atoms with E-state index in [9.17, 15) is 22.8 Å². The number of aliphatic imine (C=N–C) groups is 1. The molecule has 2 unspecified atom stereocenters. The van der Waals surface area contributed by atoms with Gasteiger partial charge in [-0.05, 0) is 38.7 Å². The Bertz CT molecular complexity index is 1010. The third-order valence-electron chi connectivity index (χ3n) is 6.83. The minimum absolute atomic E-state index is 0.113. The molecule has 0 radical (unpaired) electrons. The number of rotatable bonds is 7. The van der Waals surface area contributed by atoms with E-state index in [1.165, 1.54) is 11.0 Å². The molecule has 1 aliphatic carbocycles. The highest BCUT2D eigenvalue weighted by molar-refractivity contribution is 5.99. The second kappa shape index (κ2) is 9.33. The molecule has 0 spiro atoms. The number of amides is 2. The molecule has 8 nitrogen and oxygen atoms in total. The van der Waals surface area contributed by atoms with Crippen LogP contribution in [-0.4, -0.2) is 60.3 Å². The SMILES string of the molecule is COCC[C@H](C1C[C@H]1C(=O)N[C@@H]1CC(C(F)(F)F)Oc2ccccc21)N1C(=O)CC(C)(C)N=C1N. The zero-order valence-electron chi connectivity index (χ0n) is 20.0. The van der Waals surface area contributed by atoms with Gasteiger partial charge in [0.2, 0.25) is 11.8 Å². The van der Waals surface area contributed by atoms with Crippen molar-refractivity contribution in [1.29, 1.82) is 0 Å². The average Bonchev–Trinajstić information content (AvgIpc) is 3.55. The largest absolute Gasteiger partial charge is 0.480 e. The van der Waals surface area contributed by atoms with Gasteiger partial charge >= 0.3 is 6.18 Å². The van der Waals surface area contributed by atoms with Gasteiger partial charge in [0.25, 0.3) is 0 Å². The fraction of sp³-hybridized carbons (Fsp3) is 0.625. The van der Waals surface area contributed by atoms with E-state index in [2.05, 4.69) is 10.3 Å². The molecule has 35 heavy (non-hydrogen) atoms. The van der Waals surface area contributed by atoms with Crippen LogP contribution in [0.15, 0.2) is 29.3 Å². The molecule has 2 heterocycles. The lowest BCUT2D eigenvalue weighted by molar-refractivity contribution is -0.201. The molecule has 3 aliphatic rings. The molecule has 1 fully saturated rings. The zero-order chi connectivity index (χ0) is 25.5. The van der Waals surface area contributed by atoms with Crippen molar-refractivity contribution in [3.8, 4) is 5.75 Å². The maximum atomic E-state index is 13.4. The number of nitrogens with two attached hydrogens (primary N) is 1. The van der Waals surface area contributed by atoms with Crippen molar-refractivity contribution in [3.63, 3.8) is 0 Å². The molecule has 192 valence electrons. The zero-order valence-corrected chi connectivity index (χ0v) is 20.0. The predicted octanol–water partition coefficient (Wildman–Crippen LogP) is 2.92. The Balaban J connectivity index is 1.50. The summed E-state index contributed by atoms with van der Waals surface area (Å²) in [6.07, 6.45) is -5.81. The van der Waals surface area contributed by atoms with E-state index in [1.54, 1.807) is 25.3 Å². The van der Waals surface area contributed by atoms with Gasteiger partial charge in [-0.2, -0.15) is 13.2 Å². The van der Waals surface area contributed by atoms with E-state index < -0.39 is 36.2 Å². The van der Waals surface area contributed by atoms with E-state index in [0.717, 1.165) is 0 Å². The van der Waals surface area contributed by atoms with Gasteiger partial charge in [-0.25, -0.2) is 4.99 Å². The lowest BCUT2D eigenvalue weighted by Gasteiger charge is -2.38. The van der Waals surface area contributed by atoms with Crippen molar-refractivity contribution in [2.75, 3.05) is 13.7 Å². The second-order valence-corrected chi connectivity index (χ2v) is 10.1. The molecule has 5 atom stereocenters. The number of halogens is 3. The van der Waals surface area contributed by atoms with Crippen LogP contribution in [0.1, 0.15) is 51.1 Å². The molecule has 11 heteroatoms. The summed E-state index contributed by atoms with van der Waals surface area (Å²) in [6, 6.07) is 5.20. The molecule has 0 bridgehead atoms. The molecule has 1 aromatic carbocycles. The lowest BCUT2D eigenvalue weighted by Crippen LogP contribution is -2.55. The van der Waals surface area contributed by atoms with Crippen LogP contribution in [0.3, 0.4) is 0 Å². The average molecular weight is 497 g/mol. The topological polar surface area (TPSA) is 106 Å². The summed E-state index contributed by atoms with van der Waals surface area (Å²) in [5.74, 6) is -0.933. The number of hydrogen-bond acceptors (Lipinski definition) is 6. The van der Waals surface area contributed by atoms with E-state index in [1.807, 2.05) is 13.8 Å². The fourth-order valence-corrected chi connectivity index (χ4v) is 5.09. The van der Waals surface area contributed by atoms with Gasteiger partial charge in [0.15, 0.2) is 12.1 Å². The highest BCUT2D eigenvalue weighted by Gasteiger charge is 2.53. The van der Waals surface area contributed by atoms with Crippen LogP contribution in [0.4, 0.5) is 13.2 Å². The molecule has 3 N–H and O–H groups in total. The molecular formula is C24H31F3N4O4. The third-order valence-corrected chi connectivity index (χ3v) is 6.83.